The number of hydrogen-bond donors (Lipinski definition) is 3. The van der Waals surface area contributed by atoms with E-state index in [0.29, 0.717) is 49.0 Å². The van der Waals surface area contributed by atoms with Crippen molar-refractivity contribution in [3.8, 4) is 11.3 Å². The molecular weight excluding hydrogens is 761 g/mol. The summed E-state index contributed by atoms with van der Waals surface area (Å²) in [4.78, 5) is 78.3. The van der Waals surface area contributed by atoms with Gasteiger partial charge >= 0.3 is 5.97 Å². The molecule has 14 heteroatoms. The van der Waals surface area contributed by atoms with Crippen molar-refractivity contribution in [2.45, 2.75) is 121 Å². The number of carboxylic acid groups (broad SMARTS) is 1. The van der Waals surface area contributed by atoms with Crippen LogP contribution in [0.3, 0.4) is 0 Å². The Morgan fingerprint density at radius 1 is 1.03 bits per heavy atom. The van der Waals surface area contributed by atoms with Crippen molar-refractivity contribution in [2.75, 3.05) is 13.2 Å². The van der Waals surface area contributed by atoms with Crippen LogP contribution in [0.4, 0.5) is 0 Å². The number of carbonyl (C=O) groups is 6. The second kappa shape index (κ2) is 14.8. The average molecular weight is 815 g/mol. The first-order valence-corrected chi connectivity index (χ1v) is 21.6. The van der Waals surface area contributed by atoms with Crippen LogP contribution in [-0.2, 0) is 23.9 Å². The van der Waals surface area contributed by atoms with E-state index in [-0.39, 0.29) is 63.3 Å². The molecule has 13 nitrogen and oxygen atoms in total. The Hall–Kier alpha value is -4.30. The quantitative estimate of drug-likeness (QED) is 0.186. The van der Waals surface area contributed by atoms with Gasteiger partial charge < -0.3 is 29.9 Å². The van der Waals surface area contributed by atoms with Crippen LogP contribution in [0, 0.1) is 41.4 Å². The maximum Gasteiger partial charge on any atom is 0.327 e. The minimum atomic E-state index is -1.08. The lowest BCUT2D eigenvalue weighted by Gasteiger charge is -2.60. The predicted molar refractivity (Wildman–Crippen MR) is 215 cm³/mol. The molecule has 0 spiro atoms. The van der Waals surface area contributed by atoms with Crippen molar-refractivity contribution in [2.24, 2.45) is 34.5 Å². The average Bonchev–Trinajstić information content (AvgIpc) is 3.82. The lowest BCUT2D eigenvalue weighted by Crippen LogP contribution is -2.70. The molecule has 3 heterocycles. The van der Waals surface area contributed by atoms with Crippen molar-refractivity contribution >= 4 is 47.0 Å². The number of allylic oxidation sites excluding steroid dienone is 1. The van der Waals surface area contributed by atoms with Crippen LogP contribution >= 0.6 is 11.8 Å². The van der Waals surface area contributed by atoms with Gasteiger partial charge in [0.2, 0.25) is 5.91 Å². The van der Waals surface area contributed by atoms with Crippen LogP contribution in [0.5, 0.6) is 0 Å². The number of benzene rings is 1. The van der Waals surface area contributed by atoms with Gasteiger partial charge in [0.1, 0.15) is 40.3 Å². The Morgan fingerprint density at radius 3 is 2.48 bits per heavy atom. The van der Waals surface area contributed by atoms with Crippen molar-refractivity contribution in [1.29, 1.82) is 0 Å². The molecule has 2 aliphatic heterocycles. The maximum absolute atomic E-state index is 13.5. The number of aromatic nitrogens is 1. The third-order valence-corrected chi connectivity index (χ3v) is 16.3. The van der Waals surface area contributed by atoms with Gasteiger partial charge in [-0.25, -0.2) is 4.79 Å². The van der Waals surface area contributed by atoms with Gasteiger partial charge in [-0.05, 0) is 119 Å². The fraction of sp³-hybridized carbons (Fsp3) is 0.614. The van der Waals surface area contributed by atoms with Crippen LogP contribution in [0.2, 0.25) is 0 Å². The summed E-state index contributed by atoms with van der Waals surface area (Å²) >= 11 is 1.34. The first kappa shape index (κ1) is 40.5. The second-order valence-electron chi connectivity index (χ2n) is 18.4. The molecule has 6 aliphatic rings. The lowest BCUT2D eigenvalue weighted by molar-refractivity contribution is -0.159. The summed E-state index contributed by atoms with van der Waals surface area (Å²) in [6, 6.07) is 4.81. The molecule has 4 aliphatic carbocycles. The van der Waals surface area contributed by atoms with Gasteiger partial charge in [0.25, 0.3) is 11.8 Å². The summed E-state index contributed by atoms with van der Waals surface area (Å²) in [6.45, 7) is 12.4. The predicted octanol–water partition coefficient (Wildman–Crippen LogP) is 5.75. The molecule has 0 bridgehead atoms. The third kappa shape index (κ3) is 6.53. The number of rotatable bonds is 11. The topological polar surface area (TPSA) is 185 Å². The number of ketones is 2. The maximum atomic E-state index is 13.5. The lowest BCUT2D eigenvalue weighted by atomic mass is 9.46. The van der Waals surface area contributed by atoms with E-state index in [1.54, 1.807) is 52.0 Å². The minimum Gasteiger partial charge on any atom is -0.480 e. The first-order valence-electron chi connectivity index (χ1n) is 20.7. The summed E-state index contributed by atoms with van der Waals surface area (Å²) in [7, 11) is 0. The molecule has 3 saturated carbocycles. The van der Waals surface area contributed by atoms with E-state index in [1.165, 1.54) is 22.2 Å². The number of Topliss-reactive ketones (excluding diaryl/α,β-unsaturated/α-hetero) is 1. The minimum absolute atomic E-state index is 0.0366. The Morgan fingerprint density at radius 2 is 1.78 bits per heavy atom. The van der Waals surface area contributed by atoms with Gasteiger partial charge in [0.15, 0.2) is 5.78 Å². The first-order chi connectivity index (χ1) is 27.5. The molecule has 2 saturated heterocycles. The number of carbonyl (C=O) groups excluding carboxylic acids is 5. The largest absolute Gasteiger partial charge is 0.480 e. The highest BCUT2D eigenvalue weighted by Crippen LogP contribution is 2.67. The third-order valence-electron chi connectivity index (χ3n) is 14.8. The molecular formula is C44H54N4O9S. The van der Waals surface area contributed by atoms with Crippen molar-refractivity contribution in [3.05, 3.63) is 52.8 Å². The van der Waals surface area contributed by atoms with Gasteiger partial charge in [-0.3, -0.25) is 24.0 Å². The molecule has 5 fully saturated rings. The normalized spacial score (nSPS) is 34.5. The Labute approximate surface area is 342 Å². The summed E-state index contributed by atoms with van der Waals surface area (Å²) in [5.74, 6) is -0.341. The summed E-state index contributed by atoms with van der Waals surface area (Å²) in [5, 5.41) is 19.1. The summed E-state index contributed by atoms with van der Waals surface area (Å²) < 4.78 is 11.5. The Bertz CT molecular complexity index is 2090. The summed E-state index contributed by atoms with van der Waals surface area (Å²) in [5.41, 5.74) is 2.46. The zero-order valence-electron chi connectivity index (χ0n) is 34.1. The van der Waals surface area contributed by atoms with Crippen LogP contribution in [0.25, 0.3) is 11.3 Å². The van der Waals surface area contributed by atoms with E-state index in [4.69, 9.17) is 9.26 Å². The highest BCUT2D eigenvalue weighted by molar-refractivity contribution is 8.01. The van der Waals surface area contributed by atoms with E-state index in [1.807, 2.05) is 6.08 Å². The zero-order valence-corrected chi connectivity index (χ0v) is 34.9. The molecule has 58 heavy (non-hydrogen) atoms. The molecule has 10 unspecified atom stereocenters. The van der Waals surface area contributed by atoms with Crippen LogP contribution in [0.1, 0.15) is 112 Å². The number of nitrogens with zero attached hydrogens (tertiary/aromatic N) is 2. The van der Waals surface area contributed by atoms with E-state index >= 15 is 0 Å². The number of nitrogens with one attached hydrogen (secondary N) is 2. The Balaban J connectivity index is 0.880. The van der Waals surface area contributed by atoms with Crippen molar-refractivity contribution < 1.29 is 43.1 Å². The SMILES string of the molecule is CC(=O)C1CCC2C3CCC4=CC(=O)CCC4(C)C3C(OCCCNC(=O)c3ccc(-c4noc(C)c4C(=O)NC4C(=O)N5C4SC(C)(C)C5C(=O)O)cc3)CC12C. The molecule has 8 rings (SSSR count). The number of ether oxygens (including phenoxy) is 1. The van der Waals surface area contributed by atoms with Crippen molar-refractivity contribution in [1.82, 2.24) is 20.7 Å². The molecule has 1 aromatic heterocycles. The van der Waals surface area contributed by atoms with Gasteiger partial charge in [-0.2, -0.15) is 0 Å². The van der Waals surface area contributed by atoms with Gasteiger partial charge in [-0.1, -0.05) is 36.7 Å². The molecule has 310 valence electrons. The van der Waals surface area contributed by atoms with E-state index in [9.17, 15) is 33.9 Å². The van der Waals surface area contributed by atoms with Crippen LogP contribution in [0.15, 0.2) is 40.4 Å². The number of fused-ring (bicyclic) bond motifs is 6. The van der Waals surface area contributed by atoms with E-state index < -0.39 is 40.0 Å². The highest BCUT2D eigenvalue weighted by Gasteiger charge is 2.65. The second-order valence-corrected chi connectivity index (χ2v) is 20.2. The molecule has 10 atom stereocenters. The fourth-order valence-corrected chi connectivity index (χ4v) is 13.7. The fourth-order valence-electron chi connectivity index (χ4n) is 12.1. The zero-order chi connectivity index (χ0) is 41.5. The molecule has 0 radical (unpaired) electrons. The van der Waals surface area contributed by atoms with E-state index in [0.717, 1.165) is 38.5 Å². The smallest absolute Gasteiger partial charge is 0.327 e. The summed E-state index contributed by atoms with van der Waals surface area (Å²) in [6.07, 6.45) is 8.68. The number of β-lactam (4-membered cyclic amide) rings is 1. The molecule has 2 aromatic rings. The monoisotopic (exact) mass is 814 g/mol. The number of thioether (sulfide) groups is 1. The Kier molecular flexibility index (Phi) is 10.3. The van der Waals surface area contributed by atoms with Crippen LogP contribution in [-0.4, -0.2) is 91.9 Å². The molecule has 3 amide bonds. The number of amides is 3. The van der Waals surface area contributed by atoms with Crippen LogP contribution < -0.4 is 10.6 Å². The number of carboxylic acids is 1. The number of hydrogen-bond acceptors (Lipinski definition) is 10. The standard InChI is InChI=1S/C44H54N4O9S/c1-22(49)29-14-15-30-28-13-12-26-20-27(50)16-17-43(26,5)33(28)31(21-44(29,30)6)56-19-7-18-45-37(51)25-10-8-24(9-11-25)34-32(23(2)57-47-34)38(52)46-35-39(53)48-36(41(54)55)42(3,4)58-40(35)48/h8-11,20,28-31,33,35-36,40H,7,12-19,21H2,1-6H3,(H,45,51)(H,46,52)(H,54,55). The van der Waals surface area contributed by atoms with Gasteiger partial charge in [-0.15, -0.1) is 11.8 Å². The van der Waals surface area contributed by atoms with Gasteiger partial charge in [0, 0.05) is 41.4 Å². The number of aryl methyl sites for hydroxylation is 1. The van der Waals surface area contributed by atoms with Gasteiger partial charge in [0.05, 0.1) is 6.10 Å². The number of aliphatic carboxylic acids is 1. The van der Waals surface area contributed by atoms with Crippen molar-refractivity contribution in [3.63, 3.8) is 0 Å². The van der Waals surface area contributed by atoms with E-state index in [2.05, 4.69) is 29.6 Å². The molecule has 1 aromatic carbocycles. The molecule has 3 N–H and O–H groups in total. The highest BCUT2D eigenvalue weighted by atomic mass is 32.2.